The summed E-state index contributed by atoms with van der Waals surface area (Å²) in [6.07, 6.45) is -6.17. The number of Topliss-reactive ketones (excluding diaryl/α,β-unsaturated/α-hetero) is 2. The van der Waals surface area contributed by atoms with Crippen LogP contribution in [0.4, 0.5) is 0 Å². The number of hydrogen-bond donors (Lipinski definition) is 5. The van der Waals surface area contributed by atoms with Crippen molar-refractivity contribution in [2.75, 3.05) is 6.61 Å². The summed E-state index contributed by atoms with van der Waals surface area (Å²) < 4.78 is 0. The number of aliphatic hydroxyl groups excluding tert-OH is 4. The van der Waals surface area contributed by atoms with E-state index >= 15 is 0 Å². The molecule has 0 spiro atoms. The third-order valence-electron chi connectivity index (χ3n) is 2.24. The van der Waals surface area contributed by atoms with E-state index in [1.807, 2.05) is 0 Å². The van der Waals surface area contributed by atoms with Gasteiger partial charge in [0.15, 0.2) is 0 Å². The van der Waals surface area contributed by atoms with Crippen molar-refractivity contribution in [2.24, 2.45) is 0 Å². The Hall–Kier alpha value is -0.860. The molecule has 1 aliphatic rings. The molecule has 7 nitrogen and oxygen atoms in total. The van der Waals surface area contributed by atoms with Gasteiger partial charge in [0.05, 0.1) is 6.61 Å². The molecule has 7 heteroatoms. The number of rotatable bonds is 2. The number of aliphatic hydroxyl groups is 5. The summed E-state index contributed by atoms with van der Waals surface area (Å²) in [5.74, 6) is -2.81. The van der Waals surface area contributed by atoms with Gasteiger partial charge in [0, 0.05) is 0 Å². The minimum atomic E-state index is -2.91. The van der Waals surface area contributed by atoms with Crippen molar-refractivity contribution in [3.63, 3.8) is 0 Å². The van der Waals surface area contributed by atoms with Crippen LogP contribution >= 0.6 is 0 Å². The van der Waals surface area contributed by atoms with Gasteiger partial charge in [-0.15, -0.1) is 0 Å². The van der Waals surface area contributed by atoms with Crippen molar-refractivity contribution in [3.8, 4) is 0 Å². The number of ketones is 2. The zero-order chi connectivity index (χ0) is 11.1. The van der Waals surface area contributed by atoms with E-state index in [0.717, 1.165) is 0 Å². The zero-order valence-electron chi connectivity index (χ0n) is 6.99. The molecular weight excluding hydrogens is 196 g/mol. The van der Waals surface area contributed by atoms with E-state index in [-0.39, 0.29) is 0 Å². The fraction of sp³-hybridized carbons (Fsp3) is 0.714. The van der Waals surface area contributed by atoms with Crippen LogP contribution in [-0.2, 0) is 9.59 Å². The van der Waals surface area contributed by atoms with Crippen LogP contribution < -0.4 is 0 Å². The predicted molar refractivity (Wildman–Crippen MR) is 40.1 cm³/mol. The maximum absolute atomic E-state index is 11.1. The Balaban J connectivity index is 3.11. The lowest BCUT2D eigenvalue weighted by Crippen LogP contribution is -2.54. The average molecular weight is 206 g/mol. The van der Waals surface area contributed by atoms with Crippen LogP contribution in [0, 0.1) is 0 Å². The molecule has 80 valence electrons. The van der Waals surface area contributed by atoms with E-state index < -0.39 is 42.1 Å². The topological polar surface area (TPSA) is 135 Å². The lowest BCUT2D eigenvalue weighted by Gasteiger charge is -2.23. The lowest BCUT2D eigenvalue weighted by molar-refractivity contribution is -0.162. The highest BCUT2D eigenvalue weighted by Crippen LogP contribution is 2.26. The van der Waals surface area contributed by atoms with Gasteiger partial charge in [-0.3, -0.25) is 9.59 Å². The fourth-order valence-corrected chi connectivity index (χ4v) is 1.32. The van der Waals surface area contributed by atoms with Crippen LogP contribution in [-0.4, -0.2) is 67.6 Å². The first-order chi connectivity index (χ1) is 6.37. The SMILES string of the molecule is O=C1[C@@H](O)[C@@H](O)C(=O)C1(O)C(O)CO. The summed E-state index contributed by atoms with van der Waals surface area (Å²) in [5, 5.41) is 44.8. The number of carbonyl (C=O) groups excluding carboxylic acids is 2. The quantitative estimate of drug-likeness (QED) is 0.290. The monoisotopic (exact) mass is 206 g/mol. The van der Waals surface area contributed by atoms with Crippen molar-refractivity contribution in [2.45, 2.75) is 23.9 Å². The molecule has 0 heterocycles. The third kappa shape index (κ3) is 1.18. The van der Waals surface area contributed by atoms with Crippen molar-refractivity contribution in [1.82, 2.24) is 0 Å². The van der Waals surface area contributed by atoms with Crippen molar-refractivity contribution in [1.29, 1.82) is 0 Å². The van der Waals surface area contributed by atoms with Gasteiger partial charge in [-0.25, -0.2) is 0 Å². The van der Waals surface area contributed by atoms with E-state index in [4.69, 9.17) is 20.4 Å². The Kier molecular flexibility index (Phi) is 2.70. The summed E-state index contributed by atoms with van der Waals surface area (Å²) in [6, 6.07) is 0. The molecular formula is C7H10O7. The maximum Gasteiger partial charge on any atom is 0.215 e. The van der Waals surface area contributed by atoms with Crippen molar-refractivity contribution in [3.05, 3.63) is 0 Å². The molecule has 0 aromatic carbocycles. The second-order valence-electron chi connectivity index (χ2n) is 3.08. The van der Waals surface area contributed by atoms with E-state index in [0.29, 0.717) is 0 Å². The van der Waals surface area contributed by atoms with Gasteiger partial charge in [0.2, 0.25) is 17.2 Å². The third-order valence-corrected chi connectivity index (χ3v) is 2.24. The Morgan fingerprint density at radius 2 is 1.57 bits per heavy atom. The summed E-state index contributed by atoms with van der Waals surface area (Å²) >= 11 is 0. The molecule has 1 rings (SSSR count). The average Bonchev–Trinajstić information content (AvgIpc) is 2.34. The molecule has 2 unspecified atom stereocenters. The van der Waals surface area contributed by atoms with Crippen molar-refractivity contribution >= 4 is 11.6 Å². The van der Waals surface area contributed by atoms with Crippen LogP contribution in [0.5, 0.6) is 0 Å². The molecule has 0 saturated heterocycles. The van der Waals surface area contributed by atoms with Crippen LogP contribution in [0.2, 0.25) is 0 Å². The standard InChI is InChI=1S/C7H10O7/c8-1-2(9)7(14)5(12)3(10)4(11)6(7)13/h2-4,8-11,14H,1H2/t2?,3-,4+,7?. The van der Waals surface area contributed by atoms with E-state index in [1.165, 1.54) is 0 Å². The van der Waals surface area contributed by atoms with Gasteiger partial charge < -0.3 is 25.5 Å². The molecule has 0 radical (unpaired) electrons. The van der Waals surface area contributed by atoms with Crippen molar-refractivity contribution < 1.29 is 35.1 Å². The molecule has 1 fully saturated rings. The molecule has 0 amide bonds. The van der Waals surface area contributed by atoms with E-state index in [9.17, 15) is 14.7 Å². The second-order valence-corrected chi connectivity index (χ2v) is 3.08. The lowest BCUT2D eigenvalue weighted by atomic mass is 9.93. The molecule has 4 atom stereocenters. The minimum absolute atomic E-state index is 1.03. The summed E-state index contributed by atoms with van der Waals surface area (Å²) in [4.78, 5) is 22.2. The summed E-state index contributed by atoms with van der Waals surface area (Å²) in [6.45, 7) is -1.03. The van der Waals surface area contributed by atoms with E-state index in [1.54, 1.807) is 0 Å². The largest absolute Gasteiger partial charge is 0.394 e. The van der Waals surface area contributed by atoms with Gasteiger partial charge in [0.1, 0.15) is 18.3 Å². The molecule has 0 aromatic rings. The van der Waals surface area contributed by atoms with E-state index in [2.05, 4.69) is 0 Å². The molecule has 0 aromatic heterocycles. The molecule has 1 aliphatic carbocycles. The highest BCUT2D eigenvalue weighted by atomic mass is 16.4. The fourth-order valence-electron chi connectivity index (χ4n) is 1.32. The molecule has 5 N–H and O–H groups in total. The minimum Gasteiger partial charge on any atom is -0.394 e. The van der Waals surface area contributed by atoms with Gasteiger partial charge in [-0.2, -0.15) is 0 Å². The molecule has 14 heavy (non-hydrogen) atoms. The maximum atomic E-state index is 11.1. The van der Waals surface area contributed by atoms with Crippen LogP contribution in [0.1, 0.15) is 0 Å². The Morgan fingerprint density at radius 3 is 1.86 bits per heavy atom. The van der Waals surface area contributed by atoms with Crippen LogP contribution in [0.25, 0.3) is 0 Å². The highest BCUT2D eigenvalue weighted by Gasteiger charge is 2.62. The van der Waals surface area contributed by atoms with Gasteiger partial charge in [-0.05, 0) is 0 Å². The zero-order valence-corrected chi connectivity index (χ0v) is 6.99. The number of hydrogen-bond acceptors (Lipinski definition) is 7. The summed E-state index contributed by atoms with van der Waals surface area (Å²) in [5.41, 5.74) is -2.91. The normalized spacial score (nSPS) is 40.4. The highest BCUT2D eigenvalue weighted by molar-refractivity contribution is 6.21. The Morgan fingerprint density at radius 1 is 1.21 bits per heavy atom. The second kappa shape index (κ2) is 3.37. The summed E-state index contributed by atoms with van der Waals surface area (Å²) in [7, 11) is 0. The molecule has 0 bridgehead atoms. The van der Waals surface area contributed by atoms with Gasteiger partial charge in [-0.1, -0.05) is 0 Å². The first kappa shape index (κ1) is 11.2. The van der Waals surface area contributed by atoms with Gasteiger partial charge >= 0.3 is 0 Å². The smallest absolute Gasteiger partial charge is 0.215 e. The Labute approximate surface area is 78.2 Å². The van der Waals surface area contributed by atoms with Crippen LogP contribution in [0.3, 0.4) is 0 Å². The first-order valence-corrected chi connectivity index (χ1v) is 3.83. The molecule has 1 saturated carbocycles. The first-order valence-electron chi connectivity index (χ1n) is 3.83. The number of carbonyl (C=O) groups is 2. The Bertz CT molecular complexity index is 253. The predicted octanol–water partition coefficient (Wildman–Crippen LogP) is -4.06. The van der Waals surface area contributed by atoms with Gasteiger partial charge in [0.25, 0.3) is 0 Å². The van der Waals surface area contributed by atoms with Crippen LogP contribution in [0.15, 0.2) is 0 Å². The molecule has 0 aliphatic heterocycles.